The smallest absolute Gasteiger partial charge is 0.253 e. The van der Waals surface area contributed by atoms with Crippen molar-refractivity contribution in [3.63, 3.8) is 0 Å². The number of carbonyl (C=O) groups excluding carboxylic acids is 2. The molecule has 0 saturated carbocycles. The van der Waals surface area contributed by atoms with E-state index < -0.39 is 5.92 Å². The maximum absolute atomic E-state index is 14.0. The van der Waals surface area contributed by atoms with Crippen LogP contribution in [0.2, 0.25) is 0 Å². The number of hydrogen-bond acceptors (Lipinski definition) is 3. The van der Waals surface area contributed by atoms with Gasteiger partial charge >= 0.3 is 0 Å². The lowest BCUT2D eigenvalue weighted by Crippen LogP contribution is -2.42. The van der Waals surface area contributed by atoms with Crippen LogP contribution in [0.15, 0.2) is 71.1 Å². The lowest BCUT2D eigenvalue weighted by Gasteiger charge is -2.31. The first-order chi connectivity index (χ1) is 17.3. The number of furan rings is 1. The van der Waals surface area contributed by atoms with Gasteiger partial charge in [0.2, 0.25) is 6.41 Å². The summed E-state index contributed by atoms with van der Waals surface area (Å²) >= 11 is 0. The maximum atomic E-state index is 14.0. The number of alkyl halides is 2. The van der Waals surface area contributed by atoms with Crippen LogP contribution >= 0.6 is 0 Å². The highest BCUT2D eigenvalue weighted by atomic mass is 19.3. The molecule has 0 atom stereocenters. The van der Waals surface area contributed by atoms with Gasteiger partial charge in [0, 0.05) is 42.4 Å². The van der Waals surface area contributed by atoms with Crippen molar-refractivity contribution in [1.82, 2.24) is 10.2 Å². The second kappa shape index (κ2) is 9.53. The van der Waals surface area contributed by atoms with Crippen LogP contribution in [0.3, 0.4) is 0 Å². The summed E-state index contributed by atoms with van der Waals surface area (Å²) in [7, 11) is 0. The van der Waals surface area contributed by atoms with Gasteiger partial charge in [-0.25, -0.2) is 13.2 Å². The molecule has 1 aliphatic rings. The molecule has 5 nitrogen and oxygen atoms in total. The minimum Gasteiger partial charge on any atom is -0.459 e. The number of carbonyl (C=O) groups is 2. The number of nitrogens with one attached hydrogen (secondary N) is 1. The molecule has 0 unspecified atom stereocenters. The van der Waals surface area contributed by atoms with Crippen LogP contribution in [-0.2, 0) is 11.3 Å². The molecular formula is C28H23F3N2O3. The predicted molar refractivity (Wildman–Crippen MR) is 130 cm³/mol. The third-order valence-electron chi connectivity index (χ3n) is 6.41. The Morgan fingerprint density at radius 1 is 0.972 bits per heavy atom. The third-order valence-corrected chi connectivity index (χ3v) is 6.41. The molecular weight excluding hydrogens is 469 g/mol. The van der Waals surface area contributed by atoms with Crippen LogP contribution in [-0.4, -0.2) is 36.2 Å². The first-order valence-electron chi connectivity index (χ1n) is 11.6. The van der Waals surface area contributed by atoms with Crippen LogP contribution in [0, 0.1) is 5.82 Å². The standard InChI is InChI=1S/C28H23F3N2O3/c29-23-3-1-2-20(13-23)25-15-21(12-22-14-24(16-32-17-34)36-26(22)25)18-4-6-19(7-5-18)27(35)33-10-8-28(30,31)9-11-33/h1-7,12-15,17H,8-11,16H2,(H,32,34). The van der Waals surface area contributed by atoms with Gasteiger partial charge in [-0.2, -0.15) is 0 Å². The third kappa shape index (κ3) is 4.84. The van der Waals surface area contributed by atoms with Gasteiger partial charge in [0.05, 0.1) is 6.54 Å². The second-order valence-electron chi connectivity index (χ2n) is 8.89. The SMILES string of the molecule is O=CNCc1cc2cc(-c3ccc(C(=O)N4CCC(F)(F)CC4)cc3)cc(-c3cccc(F)c3)c2o1. The predicted octanol–water partition coefficient (Wildman–Crippen LogP) is 6.02. The van der Waals surface area contributed by atoms with Crippen molar-refractivity contribution in [2.24, 2.45) is 0 Å². The molecule has 1 aliphatic heterocycles. The molecule has 1 fully saturated rings. The van der Waals surface area contributed by atoms with E-state index in [1.165, 1.54) is 17.0 Å². The minimum absolute atomic E-state index is 0.0308. The van der Waals surface area contributed by atoms with Crippen molar-refractivity contribution >= 4 is 23.3 Å². The van der Waals surface area contributed by atoms with E-state index >= 15 is 0 Å². The van der Waals surface area contributed by atoms with Crippen LogP contribution in [0.1, 0.15) is 29.0 Å². The van der Waals surface area contributed by atoms with E-state index in [-0.39, 0.29) is 44.2 Å². The second-order valence-corrected chi connectivity index (χ2v) is 8.89. The van der Waals surface area contributed by atoms with Gasteiger partial charge in [-0.05, 0) is 59.2 Å². The van der Waals surface area contributed by atoms with Crippen molar-refractivity contribution in [2.45, 2.75) is 25.3 Å². The van der Waals surface area contributed by atoms with Gasteiger partial charge in [-0.3, -0.25) is 9.59 Å². The monoisotopic (exact) mass is 492 g/mol. The number of benzene rings is 3. The summed E-state index contributed by atoms with van der Waals surface area (Å²) in [4.78, 5) is 25.0. The average Bonchev–Trinajstić information content (AvgIpc) is 3.29. The zero-order valence-corrected chi connectivity index (χ0v) is 19.3. The molecule has 0 aliphatic carbocycles. The summed E-state index contributed by atoms with van der Waals surface area (Å²) in [6.07, 6.45) is -0.0616. The Morgan fingerprint density at radius 3 is 2.42 bits per heavy atom. The summed E-state index contributed by atoms with van der Waals surface area (Å²) in [6.45, 7) is 0.279. The Morgan fingerprint density at radius 2 is 1.72 bits per heavy atom. The van der Waals surface area contributed by atoms with Gasteiger partial charge in [-0.1, -0.05) is 24.3 Å². The molecule has 8 heteroatoms. The van der Waals surface area contributed by atoms with Crippen LogP contribution in [0.4, 0.5) is 13.2 Å². The van der Waals surface area contributed by atoms with Gasteiger partial charge < -0.3 is 14.6 Å². The summed E-state index contributed by atoms with van der Waals surface area (Å²) in [6, 6.07) is 18.8. The average molecular weight is 492 g/mol. The molecule has 3 aromatic carbocycles. The largest absolute Gasteiger partial charge is 0.459 e. The van der Waals surface area contributed by atoms with Crippen molar-refractivity contribution in [3.8, 4) is 22.3 Å². The summed E-state index contributed by atoms with van der Waals surface area (Å²) in [5, 5.41) is 3.36. The molecule has 1 N–H and O–H groups in total. The number of nitrogens with zero attached hydrogens (tertiary/aromatic N) is 1. The molecule has 0 bridgehead atoms. The fraction of sp³-hybridized carbons (Fsp3) is 0.214. The number of rotatable bonds is 6. The fourth-order valence-electron chi connectivity index (χ4n) is 4.50. The van der Waals surface area contributed by atoms with Crippen LogP contribution in [0.5, 0.6) is 0 Å². The van der Waals surface area contributed by atoms with Gasteiger partial charge in [0.1, 0.15) is 17.2 Å². The van der Waals surface area contributed by atoms with Crippen molar-refractivity contribution < 1.29 is 27.2 Å². The minimum atomic E-state index is -2.71. The first kappa shape index (κ1) is 23.7. The zero-order valence-electron chi connectivity index (χ0n) is 19.3. The van der Waals surface area contributed by atoms with E-state index in [0.717, 1.165) is 16.5 Å². The van der Waals surface area contributed by atoms with E-state index in [1.54, 1.807) is 36.4 Å². The Balaban J connectivity index is 1.49. The number of piperidine rings is 1. The van der Waals surface area contributed by atoms with E-state index in [9.17, 15) is 22.8 Å². The number of hydrogen-bond donors (Lipinski definition) is 1. The Bertz CT molecular complexity index is 1420. The summed E-state index contributed by atoms with van der Waals surface area (Å²) in [5.74, 6) is -2.80. The fourth-order valence-corrected chi connectivity index (χ4v) is 4.50. The molecule has 0 spiro atoms. The lowest BCUT2D eigenvalue weighted by molar-refractivity contribution is -0.109. The van der Waals surface area contributed by atoms with Gasteiger partial charge in [0.25, 0.3) is 11.8 Å². The summed E-state index contributed by atoms with van der Waals surface area (Å²) in [5.41, 5.74) is 3.98. The molecule has 36 heavy (non-hydrogen) atoms. The van der Waals surface area contributed by atoms with E-state index in [2.05, 4.69) is 5.32 Å². The van der Waals surface area contributed by atoms with Crippen LogP contribution in [0.25, 0.3) is 33.2 Å². The maximum Gasteiger partial charge on any atom is 0.253 e. The van der Waals surface area contributed by atoms with E-state index in [4.69, 9.17) is 4.42 Å². The highest BCUT2D eigenvalue weighted by molar-refractivity contribution is 5.98. The number of halogens is 3. The zero-order chi connectivity index (χ0) is 25.3. The lowest BCUT2D eigenvalue weighted by atomic mass is 9.96. The molecule has 5 rings (SSSR count). The molecule has 0 radical (unpaired) electrons. The first-order valence-corrected chi connectivity index (χ1v) is 11.6. The van der Waals surface area contributed by atoms with Crippen molar-refractivity contribution in [2.75, 3.05) is 13.1 Å². The van der Waals surface area contributed by atoms with Gasteiger partial charge in [-0.15, -0.1) is 0 Å². The molecule has 1 saturated heterocycles. The topological polar surface area (TPSA) is 62.6 Å². The molecule has 184 valence electrons. The normalized spacial score (nSPS) is 15.1. The highest BCUT2D eigenvalue weighted by Crippen LogP contribution is 2.36. The number of likely N-dealkylation sites (tertiary alicyclic amines) is 1. The molecule has 2 amide bonds. The number of amides is 2. The van der Waals surface area contributed by atoms with Crippen molar-refractivity contribution in [3.05, 3.63) is 83.9 Å². The number of fused-ring (bicyclic) bond motifs is 1. The highest BCUT2D eigenvalue weighted by Gasteiger charge is 2.35. The van der Waals surface area contributed by atoms with Crippen LogP contribution < -0.4 is 5.32 Å². The Hall–Kier alpha value is -4.07. The molecule has 4 aromatic rings. The van der Waals surface area contributed by atoms with E-state index in [0.29, 0.717) is 34.4 Å². The quantitative estimate of drug-likeness (QED) is 0.335. The summed E-state index contributed by atoms with van der Waals surface area (Å²) < 4.78 is 46.9. The van der Waals surface area contributed by atoms with Crippen molar-refractivity contribution in [1.29, 1.82) is 0 Å². The van der Waals surface area contributed by atoms with E-state index in [1.807, 2.05) is 18.2 Å². The molecule has 2 heterocycles. The van der Waals surface area contributed by atoms with Gasteiger partial charge in [0.15, 0.2) is 0 Å². The molecule has 1 aromatic heterocycles. The Labute approximate surface area is 205 Å². The Kier molecular flexibility index (Phi) is 6.26.